The quantitative estimate of drug-likeness (QED) is 0.665. The van der Waals surface area contributed by atoms with Crippen LogP contribution < -0.4 is 5.32 Å². The van der Waals surface area contributed by atoms with Gasteiger partial charge in [0, 0.05) is 12.5 Å². The van der Waals surface area contributed by atoms with Crippen molar-refractivity contribution in [1.29, 1.82) is 0 Å². The third-order valence-corrected chi connectivity index (χ3v) is 2.15. The number of rotatable bonds is 5. The predicted octanol–water partition coefficient (Wildman–Crippen LogP) is 2.24. The zero-order chi connectivity index (χ0) is 10.5. The van der Waals surface area contributed by atoms with E-state index < -0.39 is 0 Å². The lowest BCUT2D eigenvalue weighted by Gasteiger charge is -2.30. The first-order valence-corrected chi connectivity index (χ1v) is 5.05. The molecule has 0 rings (SSSR count). The fourth-order valence-corrected chi connectivity index (χ4v) is 1.22. The maximum absolute atomic E-state index is 10.5. The summed E-state index contributed by atoms with van der Waals surface area (Å²) < 4.78 is 0. The average molecular weight is 185 g/mol. The van der Waals surface area contributed by atoms with E-state index in [2.05, 4.69) is 39.9 Å². The highest BCUT2D eigenvalue weighted by Gasteiger charge is 2.23. The van der Waals surface area contributed by atoms with Gasteiger partial charge in [0.25, 0.3) is 0 Å². The first-order chi connectivity index (χ1) is 5.88. The number of hydrogen-bond donors (Lipinski definition) is 1. The molecule has 0 aliphatic rings. The smallest absolute Gasteiger partial charge is 0.121 e. The van der Waals surface area contributed by atoms with Crippen molar-refractivity contribution in [3.63, 3.8) is 0 Å². The van der Waals surface area contributed by atoms with E-state index in [9.17, 15) is 4.79 Å². The van der Waals surface area contributed by atoms with Gasteiger partial charge in [0.15, 0.2) is 0 Å². The lowest BCUT2D eigenvalue weighted by Crippen LogP contribution is -2.42. The molecule has 0 aromatic carbocycles. The Hall–Kier alpha value is -0.370. The SMILES string of the molecule is CC(C)CNC(CC=O)C(C)(C)C. The van der Waals surface area contributed by atoms with Gasteiger partial charge in [0.2, 0.25) is 0 Å². The fraction of sp³-hybridized carbons (Fsp3) is 0.909. The second-order valence-corrected chi connectivity index (χ2v) is 5.12. The molecule has 0 saturated carbocycles. The summed E-state index contributed by atoms with van der Waals surface area (Å²) in [6.45, 7) is 11.8. The molecule has 0 bridgehead atoms. The van der Waals surface area contributed by atoms with Gasteiger partial charge in [0.1, 0.15) is 6.29 Å². The number of carbonyl (C=O) groups excluding carboxylic acids is 1. The molecule has 0 fully saturated rings. The van der Waals surface area contributed by atoms with Crippen LogP contribution in [0.1, 0.15) is 41.0 Å². The van der Waals surface area contributed by atoms with Crippen molar-refractivity contribution in [2.24, 2.45) is 11.3 Å². The van der Waals surface area contributed by atoms with Gasteiger partial charge < -0.3 is 10.1 Å². The van der Waals surface area contributed by atoms with Crippen molar-refractivity contribution in [3.8, 4) is 0 Å². The molecule has 0 amide bonds. The average Bonchev–Trinajstić information content (AvgIpc) is 1.95. The second-order valence-electron chi connectivity index (χ2n) is 5.12. The minimum absolute atomic E-state index is 0.163. The van der Waals surface area contributed by atoms with Crippen LogP contribution in [0.2, 0.25) is 0 Å². The lowest BCUT2D eigenvalue weighted by molar-refractivity contribution is -0.108. The molecule has 1 unspecified atom stereocenters. The third kappa shape index (κ3) is 5.81. The Balaban J connectivity index is 4.02. The van der Waals surface area contributed by atoms with E-state index in [-0.39, 0.29) is 5.41 Å². The number of nitrogens with one attached hydrogen (secondary N) is 1. The van der Waals surface area contributed by atoms with E-state index in [4.69, 9.17) is 0 Å². The molecule has 78 valence electrons. The van der Waals surface area contributed by atoms with Crippen LogP contribution in [0, 0.1) is 11.3 Å². The first-order valence-electron chi connectivity index (χ1n) is 5.05. The summed E-state index contributed by atoms with van der Waals surface area (Å²) in [5.74, 6) is 0.636. The van der Waals surface area contributed by atoms with Gasteiger partial charge in [0.05, 0.1) is 0 Å². The van der Waals surface area contributed by atoms with E-state index in [0.717, 1.165) is 12.8 Å². The summed E-state index contributed by atoms with van der Waals surface area (Å²) in [6, 6.07) is 0.299. The van der Waals surface area contributed by atoms with Gasteiger partial charge in [-0.15, -0.1) is 0 Å². The Morgan fingerprint density at radius 2 is 1.85 bits per heavy atom. The molecule has 1 N–H and O–H groups in total. The largest absolute Gasteiger partial charge is 0.313 e. The number of hydrogen-bond acceptors (Lipinski definition) is 2. The van der Waals surface area contributed by atoms with Crippen molar-refractivity contribution < 1.29 is 4.79 Å². The summed E-state index contributed by atoms with van der Waals surface area (Å²) >= 11 is 0. The van der Waals surface area contributed by atoms with Crippen LogP contribution in [0.4, 0.5) is 0 Å². The van der Waals surface area contributed by atoms with E-state index in [1.165, 1.54) is 0 Å². The highest BCUT2D eigenvalue weighted by Crippen LogP contribution is 2.21. The number of carbonyl (C=O) groups is 1. The summed E-state index contributed by atoms with van der Waals surface area (Å²) in [7, 11) is 0. The van der Waals surface area contributed by atoms with E-state index in [0.29, 0.717) is 18.4 Å². The zero-order valence-electron chi connectivity index (χ0n) is 9.55. The minimum Gasteiger partial charge on any atom is -0.313 e. The van der Waals surface area contributed by atoms with E-state index >= 15 is 0 Å². The van der Waals surface area contributed by atoms with Crippen molar-refractivity contribution in [2.45, 2.75) is 47.1 Å². The molecule has 0 heterocycles. The molecule has 2 heteroatoms. The van der Waals surface area contributed by atoms with E-state index in [1.54, 1.807) is 0 Å². The van der Waals surface area contributed by atoms with Crippen LogP contribution in [0.15, 0.2) is 0 Å². The summed E-state index contributed by atoms with van der Waals surface area (Å²) in [5.41, 5.74) is 0.163. The zero-order valence-corrected chi connectivity index (χ0v) is 9.55. The van der Waals surface area contributed by atoms with Crippen LogP contribution in [0.5, 0.6) is 0 Å². The van der Waals surface area contributed by atoms with Crippen molar-refractivity contribution in [1.82, 2.24) is 5.32 Å². The van der Waals surface area contributed by atoms with Gasteiger partial charge in [-0.2, -0.15) is 0 Å². The monoisotopic (exact) mass is 185 g/mol. The van der Waals surface area contributed by atoms with Gasteiger partial charge >= 0.3 is 0 Å². The van der Waals surface area contributed by atoms with Crippen molar-refractivity contribution in [2.75, 3.05) is 6.54 Å². The minimum atomic E-state index is 0.163. The van der Waals surface area contributed by atoms with Gasteiger partial charge in [-0.3, -0.25) is 0 Å². The molecule has 0 aliphatic heterocycles. The normalized spacial score (nSPS) is 14.6. The standard InChI is InChI=1S/C11H23NO/c1-9(2)8-12-10(6-7-13)11(3,4)5/h7,9-10,12H,6,8H2,1-5H3. The summed E-state index contributed by atoms with van der Waals surface area (Å²) in [5, 5.41) is 3.43. The Bertz CT molecular complexity index is 147. The van der Waals surface area contributed by atoms with Crippen LogP contribution in [0.3, 0.4) is 0 Å². The van der Waals surface area contributed by atoms with Crippen molar-refractivity contribution >= 4 is 6.29 Å². The van der Waals surface area contributed by atoms with Crippen LogP contribution in [0.25, 0.3) is 0 Å². The molecule has 0 spiro atoms. The van der Waals surface area contributed by atoms with Crippen LogP contribution >= 0.6 is 0 Å². The number of aldehydes is 1. The molecule has 0 aromatic rings. The Morgan fingerprint density at radius 3 is 2.15 bits per heavy atom. The molecule has 1 atom stereocenters. The molecule has 0 saturated heterocycles. The molecule has 0 aliphatic carbocycles. The second kappa shape index (κ2) is 5.38. The third-order valence-electron chi connectivity index (χ3n) is 2.15. The molecular formula is C11H23NO. The topological polar surface area (TPSA) is 29.1 Å². The van der Waals surface area contributed by atoms with Gasteiger partial charge in [-0.1, -0.05) is 34.6 Å². The molecule has 0 radical (unpaired) electrons. The Labute approximate surface area is 82.1 Å². The Morgan fingerprint density at radius 1 is 1.31 bits per heavy atom. The molecule has 13 heavy (non-hydrogen) atoms. The highest BCUT2D eigenvalue weighted by atomic mass is 16.1. The predicted molar refractivity (Wildman–Crippen MR) is 56.8 cm³/mol. The fourth-order valence-electron chi connectivity index (χ4n) is 1.22. The highest BCUT2D eigenvalue weighted by molar-refractivity contribution is 5.50. The maximum Gasteiger partial charge on any atom is 0.121 e. The summed E-state index contributed by atoms with van der Waals surface area (Å²) in [4.78, 5) is 10.5. The lowest BCUT2D eigenvalue weighted by atomic mass is 9.85. The molecular weight excluding hydrogens is 162 g/mol. The maximum atomic E-state index is 10.5. The Kier molecular flexibility index (Phi) is 5.23. The van der Waals surface area contributed by atoms with Gasteiger partial charge in [-0.05, 0) is 17.9 Å². The first kappa shape index (κ1) is 12.6. The van der Waals surface area contributed by atoms with Crippen LogP contribution in [-0.2, 0) is 4.79 Å². The summed E-state index contributed by atoms with van der Waals surface area (Å²) in [6.07, 6.45) is 1.61. The van der Waals surface area contributed by atoms with E-state index in [1.807, 2.05) is 0 Å². The molecule has 2 nitrogen and oxygen atoms in total. The molecule has 0 aromatic heterocycles. The van der Waals surface area contributed by atoms with Crippen molar-refractivity contribution in [3.05, 3.63) is 0 Å². The van der Waals surface area contributed by atoms with Gasteiger partial charge in [-0.25, -0.2) is 0 Å². The van der Waals surface area contributed by atoms with Crippen LogP contribution in [-0.4, -0.2) is 18.9 Å².